The number of carbonyl (C=O) groups excluding carboxylic acids is 1. The van der Waals surface area contributed by atoms with Crippen molar-refractivity contribution in [3.63, 3.8) is 0 Å². The Morgan fingerprint density at radius 2 is 1.79 bits per heavy atom. The largest absolute Gasteiger partial charge is 0.484 e. The van der Waals surface area contributed by atoms with Crippen molar-refractivity contribution >= 4 is 11.6 Å². The summed E-state index contributed by atoms with van der Waals surface area (Å²) < 4.78 is 11.0. The fourth-order valence-electron chi connectivity index (χ4n) is 3.31. The fraction of sp³-hybridized carbons (Fsp3) is 0.435. The van der Waals surface area contributed by atoms with Crippen LogP contribution in [0.4, 0.5) is 5.69 Å². The van der Waals surface area contributed by atoms with Crippen molar-refractivity contribution in [2.24, 2.45) is 0 Å². The lowest BCUT2D eigenvalue weighted by atomic mass is 9.99. The molecule has 0 spiro atoms. The molecule has 1 saturated heterocycles. The second-order valence-electron chi connectivity index (χ2n) is 7.45. The molecule has 28 heavy (non-hydrogen) atoms. The summed E-state index contributed by atoms with van der Waals surface area (Å²) >= 11 is 0. The number of quaternary nitrogens is 1. The average molecular weight is 384 g/mol. The number of carbonyl (C=O) groups is 1. The molecule has 1 atom stereocenters. The molecule has 2 aromatic carbocycles. The summed E-state index contributed by atoms with van der Waals surface area (Å²) in [5.74, 6) is 1.09. The Balaban J connectivity index is 1.44. The molecular weight excluding hydrogens is 352 g/mol. The number of rotatable bonds is 8. The summed E-state index contributed by atoms with van der Waals surface area (Å²) in [7, 11) is 0. The molecular formula is C23H31N2O3+. The van der Waals surface area contributed by atoms with Gasteiger partial charge in [-0.05, 0) is 42.2 Å². The van der Waals surface area contributed by atoms with Crippen molar-refractivity contribution in [3.8, 4) is 5.75 Å². The minimum Gasteiger partial charge on any atom is -0.484 e. The summed E-state index contributed by atoms with van der Waals surface area (Å²) in [5.41, 5.74) is 3.35. The highest BCUT2D eigenvalue weighted by Crippen LogP contribution is 2.21. The van der Waals surface area contributed by atoms with Gasteiger partial charge < -0.3 is 19.7 Å². The molecule has 1 fully saturated rings. The van der Waals surface area contributed by atoms with Gasteiger partial charge in [-0.1, -0.05) is 38.1 Å². The van der Waals surface area contributed by atoms with Gasteiger partial charge in [0.25, 0.3) is 5.91 Å². The first-order valence-electron chi connectivity index (χ1n) is 10.2. The second-order valence-corrected chi connectivity index (χ2v) is 7.45. The number of nitrogens with one attached hydrogen (secondary N) is 2. The smallest absolute Gasteiger partial charge is 0.262 e. The molecule has 5 nitrogen and oxygen atoms in total. The molecule has 1 amide bonds. The highest BCUT2D eigenvalue weighted by atomic mass is 16.5. The maximum absolute atomic E-state index is 12.2. The third-order valence-corrected chi connectivity index (χ3v) is 5.32. The van der Waals surface area contributed by atoms with E-state index in [1.54, 1.807) is 0 Å². The van der Waals surface area contributed by atoms with Crippen molar-refractivity contribution in [2.45, 2.75) is 32.7 Å². The molecule has 1 heterocycles. The SMILES string of the molecule is CC[C@H](C)c1ccc(OCC(=O)Nc2ccc(C[NH+]3CCOCC3)cc2)cc1. The zero-order chi connectivity index (χ0) is 19.8. The monoisotopic (exact) mass is 383 g/mol. The molecule has 0 radical (unpaired) electrons. The molecule has 0 bridgehead atoms. The summed E-state index contributed by atoms with van der Waals surface area (Å²) in [6, 6.07) is 16.0. The summed E-state index contributed by atoms with van der Waals surface area (Å²) in [4.78, 5) is 13.7. The molecule has 0 unspecified atom stereocenters. The first-order chi connectivity index (χ1) is 13.6. The summed E-state index contributed by atoms with van der Waals surface area (Å²) in [5, 5.41) is 2.89. The van der Waals surface area contributed by atoms with Crippen LogP contribution in [0.25, 0.3) is 0 Å². The van der Waals surface area contributed by atoms with Crippen LogP contribution < -0.4 is 15.0 Å². The number of benzene rings is 2. The van der Waals surface area contributed by atoms with Crippen LogP contribution in [0.2, 0.25) is 0 Å². The minimum atomic E-state index is -0.155. The van der Waals surface area contributed by atoms with Crippen LogP contribution in [-0.2, 0) is 16.1 Å². The quantitative estimate of drug-likeness (QED) is 0.737. The van der Waals surface area contributed by atoms with Crippen LogP contribution >= 0.6 is 0 Å². The molecule has 0 aliphatic carbocycles. The van der Waals surface area contributed by atoms with Gasteiger partial charge in [0.05, 0.1) is 13.2 Å². The predicted molar refractivity (Wildman–Crippen MR) is 111 cm³/mol. The highest BCUT2D eigenvalue weighted by Gasteiger charge is 2.14. The van der Waals surface area contributed by atoms with Gasteiger partial charge in [0, 0.05) is 11.3 Å². The van der Waals surface area contributed by atoms with Gasteiger partial charge in [-0.2, -0.15) is 0 Å². The lowest BCUT2D eigenvalue weighted by molar-refractivity contribution is -0.921. The van der Waals surface area contributed by atoms with Gasteiger partial charge >= 0.3 is 0 Å². The first kappa shape index (κ1) is 20.4. The molecule has 3 rings (SSSR count). The minimum absolute atomic E-state index is 0.00234. The number of ether oxygens (including phenoxy) is 2. The first-order valence-corrected chi connectivity index (χ1v) is 10.2. The molecule has 1 aliphatic heterocycles. The van der Waals surface area contributed by atoms with Gasteiger partial charge in [-0.15, -0.1) is 0 Å². The van der Waals surface area contributed by atoms with Crippen LogP contribution in [0, 0.1) is 0 Å². The zero-order valence-electron chi connectivity index (χ0n) is 16.9. The van der Waals surface area contributed by atoms with Gasteiger partial charge in [0.1, 0.15) is 25.4 Å². The van der Waals surface area contributed by atoms with E-state index in [0.717, 1.165) is 45.0 Å². The van der Waals surface area contributed by atoms with Crippen LogP contribution in [0.5, 0.6) is 5.75 Å². The van der Waals surface area contributed by atoms with E-state index in [4.69, 9.17) is 9.47 Å². The maximum atomic E-state index is 12.2. The Morgan fingerprint density at radius 3 is 2.43 bits per heavy atom. The van der Waals surface area contributed by atoms with Gasteiger partial charge in [-0.25, -0.2) is 0 Å². The molecule has 150 valence electrons. The van der Waals surface area contributed by atoms with E-state index in [1.807, 2.05) is 24.3 Å². The van der Waals surface area contributed by atoms with Crippen LogP contribution in [0.15, 0.2) is 48.5 Å². The van der Waals surface area contributed by atoms with Crippen molar-refractivity contribution in [1.29, 1.82) is 0 Å². The van der Waals surface area contributed by atoms with E-state index in [9.17, 15) is 4.79 Å². The van der Waals surface area contributed by atoms with E-state index in [0.29, 0.717) is 11.7 Å². The molecule has 2 N–H and O–H groups in total. The molecule has 0 aromatic heterocycles. The van der Waals surface area contributed by atoms with Crippen molar-refractivity contribution in [2.75, 3.05) is 38.2 Å². The lowest BCUT2D eigenvalue weighted by Gasteiger charge is -2.23. The Hall–Kier alpha value is -2.37. The van der Waals surface area contributed by atoms with Gasteiger partial charge in [-0.3, -0.25) is 4.79 Å². The summed E-state index contributed by atoms with van der Waals surface area (Å²) in [6.07, 6.45) is 1.11. The van der Waals surface area contributed by atoms with E-state index in [1.165, 1.54) is 16.0 Å². The maximum Gasteiger partial charge on any atom is 0.262 e. The van der Waals surface area contributed by atoms with E-state index in [-0.39, 0.29) is 12.5 Å². The third-order valence-electron chi connectivity index (χ3n) is 5.32. The van der Waals surface area contributed by atoms with Crippen molar-refractivity contribution < 1.29 is 19.2 Å². The molecule has 5 heteroatoms. The van der Waals surface area contributed by atoms with Gasteiger partial charge in [0.15, 0.2) is 6.61 Å². The Kier molecular flexibility index (Phi) is 7.46. The summed E-state index contributed by atoms with van der Waals surface area (Å²) in [6.45, 7) is 9.15. The van der Waals surface area contributed by atoms with E-state index in [2.05, 4.69) is 43.4 Å². The average Bonchev–Trinajstić information content (AvgIpc) is 2.74. The van der Waals surface area contributed by atoms with E-state index < -0.39 is 0 Å². The molecule has 0 saturated carbocycles. The predicted octanol–water partition coefficient (Wildman–Crippen LogP) is 2.63. The number of anilines is 1. The number of amides is 1. The number of hydrogen-bond acceptors (Lipinski definition) is 3. The zero-order valence-corrected chi connectivity index (χ0v) is 16.9. The number of hydrogen-bond donors (Lipinski definition) is 2. The highest BCUT2D eigenvalue weighted by molar-refractivity contribution is 5.91. The Labute approximate surface area is 167 Å². The Bertz CT molecular complexity index is 737. The van der Waals surface area contributed by atoms with E-state index >= 15 is 0 Å². The van der Waals surface area contributed by atoms with Crippen molar-refractivity contribution in [3.05, 3.63) is 59.7 Å². The van der Waals surface area contributed by atoms with Crippen LogP contribution in [0.3, 0.4) is 0 Å². The van der Waals surface area contributed by atoms with Crippen LogP contribution in [-0.4, -0.2) is 38.8 Å². The van der Waals surface area contributed by atoms with Crippen LogP contribution in [0.1, 0.15) is 37.3 Å². The van der Waals surface area contributed by atoms with Gasteiger partial charge in [0.2, 0.25) is 0 Å². The molecule has 1 aliphatic rings. The van der Waals surface area contributed by atoms with Crippen molar-refractivity contribution in [1.82, 2.24) is 0 Å². The number of morpholine rings is 1. The lowest BCUT2D eigenvalue weighted by Crippen LogP contribution is -3.12. The fourth-order valence-corrected chi connectivity index (χ4v) is 3.31. The standard InChI is InChI=1S/C23H30N2O3/c1-3-18(2)20-6-10-22(11-7-20)28-17-23(26)24-21-8-4-19(5-9-21)16-25-12-14-27-15-13-25/h4-11,18H,3,12-17H2,1-2H3,(H,24,26)/p+1/t18-/m0/s1. The topological polar surface area (TPSA) is 52.0 Å². The normalized spacial score (nSPS) is 15.8. The third kappa shape index (κ3) is 6.08. The molecule has 2 aromatic rings. The Morgan fingerprint density at radius 1 is 1.11 bits per heavy atom. The second kappa shape index (κ2) is 10.2.